The first kappa shape index (κ1) is 7.54. The van der Waals surface area contributed by atoms with Crippen LogP contribution in [0.15, 0.2) is 0 Å². The fraction of sp³-hybridized carbons (Fsp3) is 0.857. The van der Waals surface area contributed by atoms with Gasteiger partial charge in [0, 0.05) is 6.61 Å². The second-order valence-corrected chi connectivity index (χ2v) is 2.76. The number of carboxylic acid groups (broad SMARTS) is 1. The molecule has 2 atom stereocenters. The van der Waals surface area contributed by atoms with Crippen molar-refractivity contribution >= 4 is 5.97 Å². The highest BCUT2D eigenvalue weighted by Crippen LogP contribution is 2.19. The number of hydrogen-bond donors (Lipinski definition) is 1. The highest BCUT2D eigenvalue weighted by Gasteiger charge is 2.23. The predicted octanol–water partition coefficient (Wildman–Crippen LogP) is 0.886. The number of ether oxygens (including phenoxy) is 1. The van der Waals surface area contributed by atoms with Gasteiger partial charge in [0.2, 0.25) is 0 Å². The third-order valence-corrected chi connectivity index (χ3v) is 1.83. The lowest BCUT2D eigenvalue weighted by Crippen LogP contribution is -2.30. The Morgan fingerprint density at radius 3 is 2.80 bits per heavy atom. The SMILES string of the molecule is C[C@@H](CC1CCO1)C(=O)O. The minimum atomic E-state index is -0.726. The predicted molar refractivity (Wildman–Crippen MR) is 35.8 cm³/mol. The van der Waals surface area contributed by atoms with Crippen LogP contribution in [0.2, 0.25) is 0 Å². The largest absolute Gasteiger partial charge is 0.481 e. The first-order valence-electron chi connectivity index (χ1n) is 3.54. The van der Waals surface area contributed by atoms with E-state index in [0.717, 1.165) is 13.0 Å². The Kier molecular flexibility index (Phi) is 2.27. The third kappa shape index (κ3) is 1.70. The van der Waals surface area contributed by atoms with Crippen LogP contribution in [-0.2, 0) is 9.53 Å². The van der Waals surface area contributed by atoms with E-state index in [1.807, 2.05) is 0 Å². The van der Waals surface area contributed by atoms with Gasteiger partial charge in [-0.2, -0.15) is 0 Å². The van der Waals surface area contributed by atoms with E-state index in [2.05, 4.69) is 0 Å². The smallest absolute Gasteiger partial charge is 0.306 e. The summed E-state index contributed by atoms with van der Waals surface area (Å²) in [5.41, 5.74) is 0. The molecule has 1 heterocycles. The molecule has 0 saturated carbocycles. The Morgan fingerprint density at radius 2 is 2.50 bits per heavy atom. The minimum Gasteiger partial charge on any atom is -0.481 e. The maximum atomic E-state index is 10.3. The molecule has 1 N–H and O–H groups in total. The van der Waals surface area contributed by atoms with E-state index in [-0.39, 0.29) is 12.0 Å². The molecule has 0 amide bonds. The summed E-state index contributed by atoms with van der Waals surface area (Å²) in [6.07, 6.45) is 1.90. The molecule has 3 nitrogen and oxygen atoms in total. The first-order valence-corrected chi connectivity index (χ1v) is 3.54. The summed E-state index contributed by atoms with van der Waals surface area (Å²) < 4.78 is 5.09. The molecule has 0 aromatic heterocycles. The summed E-state index contributed by atoms with van der Waals surface area (Å²) in [6, 6.07) is 0. The molecular weight excluding hydrogens is 132 g/mol. The van der Waals surface area contributed by atoms with Gasteiger partial charge in [0.15, 0.2) is 0 Å². The highest BCUT2D eigenvalue weighted by atomic mass is 16.5. The summed E-state index contributed by atoms with van der Waals surface area (Å²) >= 11 is 0. The molecule has 0 aliphatic carbocycles. The molecule has 0 spiro atoms. The number of carbonyl (C=O) groups is 1. The molecular formula is C7H12O3. The molecule has 0 radical (unpaired) electrons. The van der Waals surface area contributed by atoms with Gasteiger partial charge in [-0.3, -0.25) is 4.79 Å². The number of rotatable bonds is 3. The molecule has 1 aliphatic heterocycles. The quantitative estimate of drug-likeness (QED) is 0.639. The van der Waals surface area contributed by atoms with Crippen LogP contribution in [0.1, 0.15) is 19.8 Å². The lowest BCUT2D eigenvalue weighted by molar-refractivity contribution is -0.144. The molecule has 1 aliphatic rings. The second kappa shape index (κ2) is 3.01. The van der Waals surface area contributed by atoms with Crippen LogP contribution in [-0.4, -0.2) is 23.8 Å². The summed E-state index contributed by atoms with van der Waals surface area (Å²) in [4.78, 5) is 10.3. The van der Waals surface area contributed by atoms with Gasteiger partial charge in [-0.15, -0.1) is 0 Å². The standard InChI is InChI=1S/C7H12O3/c1-5(7(8)9)4-6-2-3-10-6/h5-6H,2-4H2,1H3,(H,8,9)/t5-,6?/m0/s1. The lowest BCUT2D eigenvalue weighted by atomic mass is 10.00. The molecule has 0 aromatic rings. The van der Waals surface area contributed by atoms with Crippen LogP contribution in [0.5, 0.6) is 0 Å². The zero-order valence-electron chi connectivity index (χ0n) is 6.04. The van der Waals surface area contributed by atoms with Crippen molar-refractivity contribution in [1.29, 1.82) is 0 Å². The molecule has 1 saturated heterocycles. The van der Waals surface area contributed by atoms with Gasteiger partial charge < -0.3 is 9.84 Å². The Hall–Kier alpha value is -0.570. The van der Waals surface area contributed by atoms with E-state index in [1.54, 1.807) is 6.92 Å². The average molecular weight is 144 g/mol. The average Bonchev–Trinajstić information content (AvgIpc) is 1.77. The van der Waals surface area contributed by atoms with Crippen LogP contribution in [0.4, 0.5) is 0 Å². The molecule has 58 valence electrons. The van der Waals surface area contributed by atoms with E-state index in [9.17, 15) is 4.79 Å². The van der Waals surface area contributed by atoms with Gasteiger partial charge in [0.25, 0.3) is 0 Å². The Balaban J connectivity index is 2.16. The first-order chi connectivity index (χ1) is 4.70. The van der Waals surface area contributed by atoms with E-state index in [1.165, 1.54) is 0 Å². The summed E-state index contributed by atoms with van der Waals surface area (Å²) in [6.45, 7) is 2.51. The Morgan fingerprint density at radius 1 is 1.90 bits per heavy atom. The van der Waals surface area contributed by atoms with Gasteiger partial charge >= 0.3 is 5.97 Å². The minimum absolute atomic E-state index is 0.214. The fourth-order valence-electron chi connectivity index (χ4n) is 0.966. The van der Waals surface area contributed by atoms with Crippen LogP contribution >= 0.6 is 0 Å². The zero-order valence-corrected chi connectivity index (χ0v) is 6.04. The van der Waals surface area contributed by atoms with Crippen molar-refractivity contribution < 1.29 is 14.6 Å². The molecule has 1 unspecified atom stereocenters. The molecule has 1 rings (SSSR count). The van der Waals surface area contributed by atoms with E-state index in [0.29, 0.717) is 6.42 Å². The van der Waals surface area contributed by atoms with Gasteiger partial charge in [-0.05, 0) is 12.8 Å². The molecule has 0 bridgehead atoms. The van der Waals surface area contributed by atoms with Gasteiger partial charge in [0.1, 0.15) is 0 Å². The topological polar surface area (TPSA) is 46.5 Å². The van der Waals surface area contributed by atoms with Crippen LogP contribution in [0.25, 0.3) is 0 Å². The molecule has 1 fully saturated rings. The van der Waals surface area contributed by atoms with E-state index < -0.39 is 5.97 Å². The van der Waals surface area contributed by atoms with Crippen molar-refractivity contribution in [2.24, 2.45) is 5.92 Å². The van der Waals surface area contributed by atoms with Crippen LogP contribution in [0.3, 0.4) is 0 Å². The van der Waals surface area contributed by atoms with E-state index in [4.69, 9.17) is 9.84 Å². The zero-order chi connectivity index (χ0) is 7.56. The maximum Gasteiger partial charge on any atom is 0.306 e. The van der Waals surface area contributed by atoms with Crippen molar-refractivity contribution in [1.82, 2.24) is 0 Å². The van der Waals surface area contributed by atoms with Crippen LogP contribution in [0, 0.1) is 5.92 Å². The Bertz CT molecular complexity index is 129. The fourth-order valence-corrected chi connectivity index (χ4v) is 0.966. The summed E-state index contributed by atoms with van der Waals surface area (Å²) in [7, 11) is 0. The second-order valence-electron chi connectivity index (χ2n) is 2.76. The molecule has 3 heteroatoms. The van der Waals surface area contributed by atoms with Crippen molar-refractivity contribution in [2.45, 2.75) is 25.9 Å². The van der Waals surface area contributed by atoms with Crippen molar-refractivity contribution in [3.05, 3.63) is 0 Å². The monoisotopic (exact) mass is 144 g/mol. The van der Waals surface area contributed by atoms with Gasteiger partial charge in [-0.25, -0.2) is 0 Å². The third-order valence-electron chi connectivity index (χ3n) is 1.83. The van der Waals surface area contributed by atoms with Gasteiger partial charge in [-0.1, -0.05) is 6.92 Å². The number of hydrogen-bond acceptors (Lipinski definition) is 2. The number of carboxylic acids is 1. The summed E-state index contributed by atoms with van der Waals surface area (Å²) in [5, 5.41) is 8.49. The summed E-state index contributed by atoms with van der Waals surface area (Å²) in [5.74, 6) is -0.985. The van der Waals surface area contributed by atoms with Crippen LogP contribution < -0.4 is 0 Å². The normalized spacial score (nSPS) is 27.1. The van der Waals surface area contributed by atoms with Crippen molar-refractivity contribution in [3.63, 3.8) is 0 Å². The Labute approximate surface area is 60.0 Å². The van der Waals surface area contributed by atoms with Gasteiger partial charge in [0.05, 0.1) is 12.0 Å². The molecule has 0 aromatic carbocycles. The van der Waals surface area contributed by atoms with Crippen molar-refractivity contribution in [3.8, 4) is 0 Å². The molecule has 10 heavy (non-hydrogen) atoms. The highest BCUT2D eigenvalue weighted by molar-refractivity contribution is 5.69. The maximum absolute atomic E-state index is 10.3. The van der Waals surface area contributed by atoms with Crippen molar-refractivity contribution in [2.75, 3.05) is 6.61 Å². The number of aliphatic carboxylic acids is 1. The van der Waals surface area contributed by atoms with E-state index >= 15 is 0 Å². The lowest BCUT2D eigenvalue weighted by Gasteiger charge is -2.27.